The molecule has 0 radical (unpaired) electrons. The lowest BCUT2D eigenvalue weighted by Gasteiger charge is -2.32. The van der Waals surface area contributed by atoms with Crippen molar-refractivity contribution in [2.24, 2.45) is 0 Å². The van der Waals surface area contributed by atoms with Crippen LogP contribution in [0.1, 0.15) is 27.7 Å². The zero-order chi connectivity index (χ0) is 15.3. The Morgan fingerprint density at radius 1 is 1.45 bits per heavy atom. The Bertz CT molecular complexity index is 457. The molecule has 112 valence electrons. The van der Waals surface area contributed by atoms with Crippen molar-refractivity contribution in [3.63, 3.8) is 0 Å². The molecule has 0 saturated carbocycles. The molecule has 0 fully saturated rings. The second kappa shape index (κ2) is 7.20. The van der Waals surface area contributed by atoms with Crippen molar-refractivity contribution in [1.29, 1.82) is 0 Å². The Hall–Kier alpha value is -0.910. The molecule has 5 heteroatoms. The maximum atomic E-state index is 12.3. The highest BCUT2D eigenvalue weighted by molar-refractivity contribution is 9.10. The van der Waals surface area contributed by atoms with Gasteiger partial charge in [-0.1, -0.05) is 19.1 Å². The first-order chi connectivity index (χ1) is 9.24. The normalized spacial score (nSPS) is 13.3. The fourth-order valence-electron chi connectivity index (χ4n) is 1.99. The van der Waals surface area contributed by atoms with Crippen LogP contribution in [0.3, 0.4) is 0 Å². The van der Waals surface area contributed by atoms with Crippen molar-refractivity contribution in [2.75, 3.05) is 18.4 Å². The van der Waals surface area contributed by atoms with Gasteiger partial charge in [0.1, 0.15) is 0 Å². The predicted molar refractivity (Wildman–Crippen MR) is 85.8 cm³/mol. The summed E-state index contributed by atoms with van der Waals surface area (Å²) in [5.74, 6) is -0.0806. The molecule has 1 aromatic carbocycles. The SMILES string of the molecule is CCN(CC(C)(C)O)C(C)C(=O)Nc1ccccc1Br. The average Bonchev–Trinajstić information content (AvgIpc) is 2.36. The van der Waals surface area contributed by atoms with E-state index in [1.54, 1.807) is 13.8 Å². The monoisotopic (exact) mass is 342 g/mol. The zero-order valence-electron chi connectivity index (χ0n) is 12.5. The molecule has 0 saturated heterocycles. The molecule has 20 heavy (non-hydrogen) atoms. The summed E-state index contributed by atoms with van der Waals surface area (Å²) in [6.07, 6.45) is 0. The van der Waals surface area contributed by atoms with Gasteiger partial charge in [-0.05, 0) is 55.4 Å². The number of para-hydroxylation sites is 1. The number of benzene rings is 1. The van der Waals surface area contributed by atoms with Crippen LogP contribution in [0.4, 0.5) is 5.69 Å². The minimum Gasteiger partial charge on any atom is -0.389 e. The van der Waals surface area contributed by atoms with Gasteiger partial charge in [-0.3, -0.25) is 9.69 Å². The van der Waals surface area contributed by atoms with Crippen molar-refractivity contribution in [3.05, 3.63) is 28.7 Å². The van der Waals surface area contributed by atoms with Crippen molar-refractivity contribution in [3.8, 4) is 0 Å². The minimum absolute atomic E-state index is 0.0806. The highest BCUT2D eigenvalue weighted by Crippen LogP contribution is 2.21. The highest BCUT2D eigenvalue weighted by atomic mass is 79.9. The van der Waals surface area contributed by atoms with Crippen molar-refractivity contribution >= 4 is 27.5 Å². The molecule has 4 nitrogen and oxygen atoms in total. The Kier molecular flexibility index (Phi) is 6.17. The second-order valence-corrected chi connectivity index (χ2v) is 6.37. The largest absolute Gasteiger partial charge is 0.389 e. The number of likely N-dealkylation sites (N-methyl/N-ethyl adjacent to an activating group) is 1. The van der Waals surface area contributed by atoms with Crippen LogP contribution < -0.4 is 5.32 Å². The number of nitrogens with zero attached hydrogens (tertiary/aromatic N) is 1. The van der Waals surface area contributed by atoms with Gasteiger partial charge in [0.2, 0.25) is 5.91 Å². The van der Waals surface area contributed by atoms with Crippen molar-refractivity contribution in [1.82, 2.24) is 4.90 Å². The van der Waals surface area contributed by atoms with E-state index in [-0.39, 0.29) is 11.9 Å². The van der Waals surface area contributed by atoms with E-state index < -0.39 is 5.60 Å². The number of rotatable bonds is 6. The summed E-state index contributed by atoms with van der Waals surface area (Å²) < 4.78 is 0.853. The van der Waals surface area contributed by atoms with E-state index in [1.807, 2.05) is 43.0 Å². The van der Waals surface area contributed by atoms with Crippen molar-refractivity contribution in [2.45, 2.75) is 39.3 Å². The lowest BCUT2D eigenvalue weighted by molar-refractivity contribution is -0.121. The molecule has 0 aliphatic rings. The van der Waals surface area contributed by atoms with E-state index in [4.69, 9.17) is 0 Å². The summed E-state index contributed by atoms with van der Waals surface area (Å²) >= 11 is 3.41. The molecule has 1 atom stereocenters. The summed E-state index contributed by atoms with van der Waals surface area (Å²) in [5.41, 5.74) is -0.0682. The third kappa shape index (κ3) is 5.23. The van der Waals surface area contributed by atoms with Crippen LogP contribution in [0.15, 0.2) is 28.7 Å². The zero-order valence-corrected chi connectivity index (χ0v) is 14.1. The Morgan fingerprint density at radius 2 is 2.05 bits per heavy atom. The summed E-state index contributed by atoms with van der Waals surface area (Å²) in [7, 11) is 0. The smallest absolute Gasteiger partial charge is 0.241 e. The number of nitrogens with one attached hydrogen (secondary N) is 1. The number of hydrogen-bond donors (Lipinski definition) is 2. The summed E-state index contributed by atoms with van der Waals surface area (Å²) in [6.45, 7) is 8.47. The molecule has 1 rings (SSSR count). The average molecular weight is 343 g/mol. The van der Waals surface area contributed by atoms with Crippen LogP contribution in [0.2, 0.25) is 0 Å². The molecule has 0 heterocycles. The van der Waals surface area contributed by atoms with Gasteiger partial charge in [0.15, 0.2) is 0 Å². The Balaban J connectivity index is 2.73. The van der Waals surface area contributed by atoms with Crippen LogP contribution in [-0.2, 0) is 4.79 Å². The highest BCUT2D eigenvalue weighted by Gasteiger charge is 2.25. The number of anilines is 1. The molecule has 1 unspecified atom stereocenters. The van der Waals surface area contributed by atoms with Crippen LogP contribution >= 0.6 is 15.9 Å². The third-order valence-electron chi connectivity index (χ3n) is 3.06. The number of hydrogen-bond acceptors (Lipinski definition) is 3. The lowest BCUT2D eigenvalue weighted by atomic mass is 10.1. The first-order valence-electron chi connectivity index (χ1n) is 6.76. The number of carbonyl (C=O) groups is 1. The number of carbonyl (C=O) groups excluding carboxylic acids is 1. The van der Waals surface area contributed by atoms with Gasteiger partial charge in [0.05, 0.1) is 17.3 Å². The molecule has 0 aromatic heterocycles. The maximum Gasteiger partial charge on any atom is 0.241 e. The molecule has 1 aromatic rings. The van der Waals surface area contributed by atoms with Crippen LogP contribution in [0, 0.1) is 0 Å². The predicted octanol–water partition coefficient (Wildman–Crippen LogP) is 2.87. The number of halogens is 1. The van der Waals surface area contributed by atoms with Crippen LogP contribution in [0.25, 0.3) is 0 Å². The van der Waals surface area contributed by atoms with E-state index in [0.717, 1.165) is 10.2 Å². The van der Waals surface area contributed by atoms with Gasteiger partial charge in [-0.15, -0.1) is 0 Å². The first-order valence-corrected chi connectivity index (χ1v) is 7.55. The Labute approximate surface area is 129 Å². The fourth-order valence-corrected chi connectivity index (χ4v) is 2.37. The van der Waals surface area contributed by atoms with E-state index in [2.05, 4.69) is 21.2 Å². The molecule has 0 aliphatic carbocycles. The van der Waals surface area contributed by atoms with Crippen LogP contribution in [0.5, 0.6) is 0 Å². The molecule has 1 amide bonds. The summed E-state index contributed by atoms with van der Waals surface area (Å²) in [6, 6.07) is 7.20. The summed E-state index contributed by atoms with van der Waals surface area (Å²) in [5, 5.41) is 12.8. The number of amides is 1. The van der Waals surface area contributed by atoms with Gasteiger partial charge in [0, 0.05) is 11.0 Å². The molecule has 0 spiro atoms. The van der Waals surface area contributed by atoms with Gasteiger partial charge < -0.3 is 10.4 Å². The van der Waals surface area contributed by atoms with Gasteiger partial charge in [0.25, 0.3) is 0 Å². The quantitative estimate of drug-likeness (QED) is 0.835. The molecule has 0 bridgehead atoms. The minimum atomic E-state index is -0.822. The van der Waals surface area contributed by atoms with E-state index in [1.165, 1.54) is 0 Å². The molecular formula is C15H23BrN2O2. The molecular weight excluding hydrogens is 320 g/mol. The van der Waals surface area contributed by atoms with E-state index >= 15 is 0 Å². The van der Waals surface area contributed by atoms with Gasteiger partial charge in [-0.25, -0.2) is 0 Å². The second-order valence-electron chi connectivity index (χ2n) is 5.52. The summed E-state index contributed by atoms with van der Waals surface area (Å²) in [4.78, 5) is 14.2. The number of aliphatic hydroxyl groups is 1. The standard InChI is InChI=1S/C15H23BrN2O2/c1-5-18(10-15(3,4)20)11(2)14(19)17-13-9-7-6-8-12(13)16/h6-9,11,20H,5,10H2,1-4H3,(H,17,19). The van der Waals surface area contributed by atoms with Gasteiger partial charge in [-0.2, -0.15) is 0 Å². The van der Waals surface area contributed by atoms with E-state index in [9.17, 15) is 9.90 Å². The lowest BCUT2D eigenvalue weighted by Crippen LogP contribution is -2.48. The van der Waals surface area contributed by atoms with Gasteiger partial charge >= 0.3 is 0 Å². The fraction of sp³-hybridized carbons (Fsp3) is 0.533. The molecule has 0 aliphatic heterocycles. The van der Waals surface area contributed by atoms with E-state index in [0.29, 0.717) is 13.1 Å². The Morgan fingerprint density at radius 3 is 2.55 bits per heavy atom. The molecule has 2 N–H and O–H groups in total. The third-order valence-corrected chi connectivity index (χ3v) is 3.75. The van der Waals surface area contributed by atoms with Crippen molar-refractivity contribution < 1.29 is 9.90 Å². The maximum absolute atomic E-state index is 12.3. The first kappa shape index (κ1) is 17.1. The topological polar surface area (TPSA) is 52.6 Å². The van der Waals surface area contributed by atoms with Crippen LogP contribution in [-0.4, -0.2) is 40.6 Å².